The Hall–Kier alpha value is -1.59. The topological polar surface area (TPSA) is 55.8 Å². The zero-order chi connectivity index (χ0) is 13.7. The van der Waals surface area contributed by atoms with Crippen LogP contribution in [0.1, 0.15) is 10.4 Å². The summed E-state index contributed by atoms with van der Waals surface area (Å²) in [5, 5.41) is 0.311. The van der Waals surface area contributed by atoms with Crippen molar-refractivity contribution in [3.05, 3.63) is 28.8 Å². The van der Waals surface area contributed by atoms with Crippen molar-refractivity contribution >= 4 is 23.8 Å². The Kier molecular flexibility index (Phi) is 4.76. The predicted octanol–water partition coefficient (Wildman–Crippen LogP) is 1.39. The van der Waals surface area contributed by atoms with E-state index in [0.29, 0.717) is 43.4 Å². The van der Waals surface area contributed by atoms with Crippen LogP contribution in [-0.2, 0) is 9.53 Å². The third-order valence-corrected chi connectivity index (χ3v) is 3.18. The zero-order valence-electron chi connectivity index (χ0n) is 10.3. The van der Waals surface area contributed by atoms with E-state index in [-0.39, 0.29) is 18.1 Å². The molecule has 1 aliphatic heterocycles. The number of morpholine rings is 1. The highest BCUT2D eigenvalue weighted by molar-refractivity contribution is 6.33. The molecule has 102 valence electrons. The molecular formula is C13H14ClNO4. The Labute approximate surface area is 116 Å². The summed E-state index contributed by atoms with van der Waals surface area (Å²) in [7, 11) is 0. The van der Waals surface area contributed by atoms with Gasteiger partial charge in [0.2, 0.25) is 0 Å². The van der Waals surface area contributed by atoms with Crippen molar-refractivity contribution in [2.24, 2.45) is 0 Å². The molecule has 2 rings (SSSR count). The number of nitrogens with zero attached hydrogens (tertiary/aromatic N) is 1. The molecule has 0 radical (unpaired) electrons. The van der Waals surface area contributed by atoms with Gasteiger partial charge in [0.05, 0.1) is 23.8 Å². The first-order valence-corrected chi connectivity index (χ1v) is 6.32. The maximum absolute atomic E-state index is 11.9. The van der Waals surface area contributed by atoms with Gasteiger partial charge in [-0.05, 0) is 12.1 Å². The molecule has 0 N–H and O–H groups in total. The van der Waals surface area contributed by atoms with Crippen LogP contribution in [0.3, 0.4) is 0 Å². The molecule has 1 fully saturated rings. The largest absolute Gasteiger partial charge is 0.483 e. The summed E-state index contributed by atoms with van der Waals surface area (Å²) in [4.78, 5) is 24.5. The van der Waals surface area contributed by atoms with Gasteiger partial charge in [0.25, 0.3) is 5.91 Å². The summed E-state index contributed by atoms with van der Waals surface area (Å²) in [5.41, 5.74) is 0.263. The second kappa shape index (κ2) is 6.54. The first-order valence-electron chi connectivity index (χ1n) is 5.94. The fraction of sp³-hybridized carbons (Fsp3) is 0.385. The van der Waals surface area contributed by atoms with Gasteiger partial charge < -0.3 is 14.4 Å². The van der Waals surface area contributed by atoms with Crippen molar-refractivity contribution in [1.82, 2.24) is 4.90 Å². The quantitative estimate of drug-likeness (QED) is 0.784. The van der Waals surface area contributed by atoms with Crippen molar-refractivity contribution in [2.75, 3.05) is 32.9 Å². The molecule has 1 heterocycles. The fourth-order valence-corrected chi connectivity index (χ4v) is 2.01. The molecule has 0 atom stereocenters. The lowest BCUT2D eigenvalue weighted by molar-refractivity contribution is -0.137. The second-order valence-corrected chi connectivity index (χ2v) is 4.46. The maximum atomic E-state index is 11.9. The van der Waals surface area contributed by atoms with Crippen molar-refractivity contribution in [1.29, 1.82) is 0 Å². The normalized spacial score (nSPS) is 15.1. The molecule has 6 heteroatoms. The van der Waals surface area contributed by atoms with Gasteiger partial charge in [0.15, 0.2) is 12.9 Å². The molecule has 0 saturated carbocycles. The van der Waals surface area contributed by atoms with Gasteiger partial charge in [-0.3, -0.25) is 9.59 Å². The van der Waals surface area contributed by atoms with Gasteiger partial charge in [0, 0.05) is 13.1 Å². The van der Waals surface area contributed by atoms with E-state index < -0.39 is 0 Å². The Bertz CT molecular complexity index is 472. The van der Waals surface area contributed by atoms with Gasteiger partial charge in [-0.25, -0.2) is 0 Å². The minimum absolute atomic E-state index is 0.110. The van der Waals surface area contributed by atoms with Crippen LogP contribution in [0.15, 0.2) is 18.2 Å². The van der Waals surface area contributed by atoms with Crippen molar-refractivity contribution in [3.8, 4) is 5.75 Å². The number of amides is 1. The van der Waals surface area contributed by atoms with E-state index in [1.54, 1.807) is 23.1 Å². The van der Waals surface area contributed by atoms with Crippen LogP contribution < -0.4 is 4.74 Å². The highest BCUT2D eigenvalue weighted by Gasteiger charge is 2.18. The van der Waals surface area contributed by atoms with Gasteiger partial charge in [0.1, 0.15) is 5.75 Å². The van der Waals surface area contributed by atoms with E-state index in [1.807, 2.05) is 0 Å². The molecule has 1 saturated heterocycles. The lowest BCUT2D eigenvalue weighted by Crippen LogP contribution is -2.43. The van der Waals surface area contributed by atoms with Crippen LogP contribution in [0.4, 0.5) is 0 Å². The molecule has 0 unspecified atom stereocenters. The average molecular weight is 284 g/mol. The van der Waals surface area contributed by atoms with E-state index in [1.165, 1.54) is 0 Å². The molecule has 0 spiro atoms. The number of hydrogen-bond donors (Lipinski definition) is 0. The van der Waals surface area contributed by atoms with Gasteiger partial charge in [-0.2, -0.15) is 0 Å². The number of halogens is 1. The number of carbonyl (C=O) groups is 2. The van der Waals surface area contributed by atoms with Gasteiger partial charge >= 0.3 is 0 Å². The molecular weight excluding hydrogens is 270 g/mol. The Morgan fingerprint density at radius 3 is 2.84 bits per heavy atom. The lowest BCUT2D eigenvalue weighted by Gasteiger charge is -2.26. The van der Waals surface area contributed by atoms with Crippen LogP contribution in [0.5, 0.6) is 5.75 Å². The molecule has 5 nitrogen and oxygen atoms in total. The van der Waals surface area contributed by atoms with Crippen molar-refractivity contribution < 1.29 is 19.1 Å². The fourth-order valence-electron chi connectivity index (χ4n) is 1.80. The van der Waals surface area contributed by atoms with Crippen LogP contribution in [0.2, 0.25) is 5.02 Å². The van der Waals surface area contributed by atoms with Crippen LogP contribution in [-0.4, -0.2) is 50.0 Å². The third kappa shape index (κ3) is 3.45. The molecule has 0 bridgehead atoms. The molecule has 0 aliphatic carbocycles. The molecule has 1 amide bonds. The summed E-state index contributed by atoms with van der Waals surface area (Å²) in [6.07, 6.45) is 0.622. The molecule has 1 aromatic rings. The Balaban J connectivity index is 1.96. The SMILES string of the molecule is O=Cc1c(Cl)cccc1OCC(=O)N1CCOCC1. The van der Waals surface area contributed by atoms with Crippen LogP contribution >= 0.6 is 11.6 Å². The number of aldehydes is 1. The molecule has 1 aliphatic rings. The average Bonchev–Trinajstić information content (AvgIpc) is 2.45. The first-order chi connectivity index (χ1) is 9.22. The number of rotatable bonds is 4. The summed E-state index contributed by atoms with van der Waals surface area (Å²) in [6, 6.07) is 4.88. The Morgan fingerprint density at radius 2 is 2.16 bits per heavy atom. The van der Waals surface area contributed by atoms with Crippen LogP contribution in [0, 0.1) is 0 Å². The van der Waals surface area contributed by atoms with E-state index in [9.17, 15) is 9.59 Å². The number of benzene rings is 1. The van der Waals surface area contributed by atoms with E-state index in [4.69, 9.17) is 21.1 Å². The van der Waals surface area contributed by atoms with Crippen molar-refractivity contribution in [3.63, 3.8) is 0 Å². The van der Waals surface area contributed by atoms with E-state index >= 15 is 0 Å². The number of hydrogen-bond acceptors (Lipinski definition) is 4. The van der Waals surface area contributed by atoms with E-state index in [2.05, 4.69) is 0 Å². The monoisotopic (exact) mass is 283 g/mol. The summed E-state index contributed by atoms with van der Waals surface area (Å²) in [6.45, 7) is 2.11. The zero-order valence-corrected chi connectivity index (χ0v) is 11.1. The maximum Gasteiger partial charge on any atom is 0.260 e. The minimum atomic E-state index is -0.125. The van der Waals surface area contributed by atoms with Gasteiger partial charge in [-0.15, -0.1) is 0 Å². The molecule has 0 aromatic heterocycles. The minimum Gasteiger partial charge on any atom is -0.483 e. The third-order valence-electron chi connectivity index (χ3n) is 2.85. The second-order valence-electron chi connectivity index (χ2n) is 4.05. The Morgan fingerprint density at radius 1 is 1.42 bits per heavy atom. The first kappa shape index (κ1) is 13.8. The lowest BCUT2D eigenvalue weighted by atomic mass is 10.2. The standard InChI is InChI=1S/C13H14ClNO4/c14-11-2-1-3-12(10(11)8-16)19-9-13(17)15-4-6-18-7-5-15/h1-3,8H,4-7,9H2. The highest BCUT2D eigenvalue weighted by Crippen LogP contribution is 2.24. The predicted molar refractivity (Wildman–Crippen MR) is 69.7 cm³/mol. The summed E-state index contributed by atoms with van der Waals surface area (Å²) >= 11 is 5.87. The van der Waals surface area contributed by atoms with Gasteiger partial charge in [-0.1, -0.05) is 17.7 Å². The highest BCUT2D eigenvalue weighted by atomic mass is 35.5. The number of ether oxygens (including phenoxy) is 2. The van der Waals surface area contributed by atoms with Crippen molar-refractivity contribution in [2.45, 2.75) is 0 Å². The summed E-state index contributed by atoms with van der Waals surface area (Å²) < 4.78 is 10.5. The van der Waals surface area contributed by atoms with E-state index in [0.717, 1.165) is 0 Å². The smallest absolute Gasteiger partial charge is 0.260 e. The molecule has 1 aromatic carbocycles. The van der Waals surface area contributed by atoms with Crippen LogP contribution in [0.25, 0.3) is 0 Å². The number of carbonyl (C=O) groups excluding carboxylic acids is 2. The summed E-state index contributed by atoms with van der Waals surface area (Å²) in [5.74, 6) is 0.198. The molecule has 19 heavy (non-hydrogen) atoms.